The number of halogens is 8. The molecule has 0 bridgehead atoms. The summed E-state index contributed by atoms with van der Waals surface area (Å²) in [6.45, 7) is 2.64. The predicted octanol–water partition coefficient (Wildman–Crippen LogP) is 5.59. The van der Waals surface area contributed by atoms with Crippen molar-refractivity contribution in [2.24, 2.45) is 0 Å². The van der Waals surface area contributed by atoms with E-state index >= 15 is 0 Å². The van der Waals surface area contributed by atoms with Gasteiger partial charge in [0.1, 0.15) is 29.0 Å². The van der Waals surface area contributed by atoms with Crippen LogP contribution in [0, 0.1) is 69.2 Å². The number of benzene rings is 2. The van der Waals surface area contributed by atoms with Gasteiger partial charge in [-0.25, -0.2) is 35.1 Å². The van der Waals surface area contributed by atoms with E-state index in [2.05, 4.69) is 0 Å². The molecule has 0 aliphatic heterocycles. The van der Waals surface area contributed by atoms with Gasteiger partial charge in [-0.05, 0) is 20.8 Å². The van der Waals surface area contributed by atoms with Crippen molar-refractivity contribution in [1.29, 1.82) is 10.5 Å². The van der Waals surface area contributed by atoms with Crippen LogP contribution in [0.1, 0.15) is 43.0 Å². The third-order valence-electron chi connectivity index (χ3n) is 4.49. The number of aliphatic hydroxyl groups is 2. The van der Waals surface area contributed by atoms with Crippen LogP contribution in [0.5, 0.6) is 0 Å². The van der Waals surface area contributed by atoms with Crippen molar-refractivity contribution in [3.63, 3.8) is 0 Å². The van der Waals surface area contributed by atoms with Crippen LogP contribution >= 0.6 is 0 Å². The van der Waals surface area contributed by atoms with Crippen molar-refractivity contribution >= 4 is 22.7 Å². The van der Waals surface area contributed by atoms with Gasteiger partial charge in [-0.3, -0.25) is 9.59 Å². The SMILES string of the molecule is CC(=O)/C(=C(/C)O)c1c(F)c(F)c(C#N)c(F)c1F.CC(=O)/C(=C\O)c1c(F)c(F)c(C#N)c(F)c1F.[Cu]. The van der Waals surface area contributed by atoms with Crippen molar-refractivity contribution in [3.05, 3.63) is 80.8 Å². The van der Waals surface area contributed by atoms with Crippen LogP contribution in [0.3, 0.4) is 0 Å². The fourth-order valence-corrected chi connectivity index (χ4v) is 2.86. The average Bonchev–Trinajstić information content (AvgIpc) is 2.82. The van der Waals surface area contributed by atoms with E-state index in [1.165, 1.54) is 0 Å². The van der Waals surface area contributed by atoms with Crippen molar-refractivity contribution in [2.75, 3.05) is 0 Å². The molecule has 1 radical (unpaired) electrons. The van der Waals surface area contributed by atoms with Gasteiger partial charge in [-0.15, -0.1) is 0 Å². The Kier molecular flexibility index (Phi) is 11.9. The second-order valence-corrected chi connectivity index (χ2v) is 6.85. The fourth-order valence-electron chi connectivity index (χ4n) is 2.86. The normalized spacial score (nSPS) is 11.2. The van der Waals surface area contributed by atoms with Crippen LogP contribution in [0.15, 0.2) is 12.0 Å². The summed E-state index contributed by atoms with van der Waals surface area (Å²) >= 11 is 0. The molecule has 2 aromatic rings. The summed E-state index contributed by atoms with van der Waals surface area (Å²) in [7, 11) is 0. The molecule has 38 heavy (non-hydrogen) atoms. The first-order chi connectivity index (χ1) is 17.1. The number of carbonyl (C=O) groups excluding carboxylic acids is 2. The Morgan fingerprint density at radius 1 is 0.658 bits per heavy atom. The molecule has 2 aromatic carbocycles. The summed E-state index contributed by atoms with van der Waals surface area (Å²) in [5, 5.41) is 34.6. The molecule has 205 valence electrons. The molecular formula is C23H12CuF8N2O4. The van der Waals surface area contributed by atoms with Crippen LogP contribution in [0.25, 0.3) is 11.1 Å². The number of rotatable bonds is 4. The van der Waals surface area contributed by atoms with Crippen LogP contribution < -0.4 is 0 Å². The maximum absolute atomic E-state index is 13.6. The Bertz CT molecular complexity index is 1410. The summed E-state index contributed by atoms with van der Waals surface area (Å²) in [4.78, 5) is 22.2. The first kappa shape index (κ1) is 33.8. The number of hydrogen-bond acceptors (Lipinski definition) is 6. The van der Waals surface area contributed by atoms with Gasteiger partial charge in [-0.2, -0.15) is 10.5 Å². The number of nitriles is 2. The quantitative estimate of drug-likeness (QED) is 0.156. The number of nitrogens with zero attached hydrogens (tertiary/aromatic N) is 2. The molecule has 2 rings (SSSR count). The van der Waals surface area contributed by atoms with Gasteiger partial charge in [-0.1, -0.05) is 0 Å². The first-order valence-electron chi connectivity index (χ1n) is 9.39. The van der Waals surface area contributed by atoms with Crippen LogP contribution in [0.4, 0.5) is 35.1 Å². The number of aliphatic hydroxyl groups excluding tert-OH is 2. The molecule has 0 fully saturated rings. The van der Waals surface area contributed by atoms with Gasteiger partial charge in [0.15, 0.2) is 58.1 Å². The average molecular weight is 596 g/mol. The summed E-state index contributed by atoms with van der Waals surface area (Å²) < 4.78 is 107. The molecule has 0 aliphatic rings. The van der Waals surface area contributed by atoms with Gasteiger partial charge >= 0.3 is 0 Å². The minimum atomic E-state index is -1.92. The van der Waals surface area contributed by atoms with Crippen molar-refractivity contribution in [1.82, 2.24) is 0 Å². The molecule has 6 nitrogen and oxygen atoms in total. The van der Waals surface area contributed by atoms with E-state index in [1.54, 1.807) is 0 Å². The van der Waals surface area contributed by atoms with Gasteiger partial charge in [0.05, 0.1) is 28.5 Å². The van der Waals surface area contributed by atoms with Gasteiger partial charge in [0.25, 0.3) is 0 Å². The molecule has 0 aliphatic carbocycles. The molecule has 2 N–H and O–H groups in total. The third-order valence-corrected chi connectivity index (χ3v) is 4.49. The van der Waals surface area contributed by atoms with E-state index in [1.807, 2.05) is 0 Å². The number of carbonyl (C=O) groups is 2. The number of hydrogen-bond donors (Lipinski definition) is 2. The van der Waals surface area contributed by atoms with E-state index in [0.717, 1.165) is 32.9 Å². The summed E-state index contributed by atoms with van der Waals surface area (Å²) in [5.41, 5.74) is -7.38. The zero-order chi connectivity index (χ0) is 28.9. The Morgan fingerprint density at radius 3 is 1.18 bits per heavy atom. The topological polar surface area (TPSA) is 122 Å². The molecule has 0 aromatic heterocycles. The van der Waals surface area contributed by atoms with Gasteiger partial charge in [0, 0.05) is 17.1 Å². The Hall–Kier alpha value is -4.20. The predicted molar refractivity (Wildman–Crippen MR) is 109 cm³/mol. The van der Waals surface area contributed by atoms with Gasteiger partial charge < -0.3 is 10.2 Å². The summed E-state index contributed by atoms with van der Waals surface area (Å²) in [6, 6.07) is 1.94. The monoisotopic (exact) mass is 595 g/mol. The minimum absolute atomic E-state index is 0. The van der Waals surface area contributed by atoms with E-state index in [4.69, 9.17) is 15.6 Å². The van der Waals surface area contributed by atoms with E-state index < -0.39 is 97.3 Å². The first-order valence-corrected chi connectivity index (χ1v) is 9.39. The molecule has 0 spiro atoms. The maximum Gasteiger partial charge on any atom is 0.180 e. The smallest absolute Gasteiger partial charge is 0.180 e. The van der Waals surface area contributed by atoms with E-state index in [0.29, 0.717) is 0 Å². The number of ketones is 2. The molecule has 0 unspecified atom stereocenters. The third kappa shape index (κ3) is 6.19. The number of allylic oxidation sites excluding steroid dienone is 3. The maximum atomic E-state index is 13.6. The van der Waals surface area contributed by atoms with Crippen LogP contribution in [-0.4, -0.2) is 21.8 Å². The largest absolute Gasteiger partial charge is 0.515 e. The second kappa shape index (κ2) is 13.4. The fraction of sp³-hybridized carbons (Fsp3) is 0.130. The molecule has 0 atom stereocenters. The molecule has 0 saturated heterocycles. The zero-order valence-corrected chi connectivity index (χ0v) is 19.9. The second-order valence-electron chi connectivity index (χ2n) is 6.85. The zero-order valence-electron chi connectivity index (χ0n) is 19.0. The van der Waals surface area contributed by atoms with Crippen LogP contribution in [-0.2, 0) is 26.7 Å². The van der Waals surface area contributed by atoms with Crippen LogP contribution in [0.2, 0.25) is 0 Å². The molecule has 15 heteroatoms. The minimum Gasteiger partial charge on any atom is -0.515 e. The standard InChI is InChI=1S/C12H7F4NO2.C11H5F4NO2.Cu/c1-4(18)7(5(2)19)8-11(15)9(13)6(3-17)10(14)12(8)16;1-4(18)6(3-17)7-10(14)8(12)5(2-16)9(13)11(7)15;/h18H,1-2H3;3,17H,1H3;/b7-4+;6-3+;. The van der Waals surface area contributed by atoms with Gasteiger partial charge in [0.2, 0.25) is 0 Å². The Morgan fingerprint density at radius 2 is 0.974 bits per heavy atom. The van der Waals surface area contributed by atoms with Crippen molar-refractivity contribution < 1.29 is 72.0 Å². The summed E-state index contributed by atoms with van der Waals surface area (Å²) in [6.07, 6.45) is 0.0365. The number of Topliss-reactive ketones (excluding diaryl/α,β-unsaturated/α-hetero) is 2. The van der Waals surface area contributed by atoms with Crippen molar-refractivity contribution in [2.45, 2.75) is 20.8 Å². The molecular weight excluding hydrogens is 584 g/mol. The summed E-state index contributed by atoms with van der Waals surface area (Å²) in [5.74, 6) is -18.1. The van der Waals surface area contributed by atoms with Crippen molar-refractivity contribution in [3.8, 4) is 12.1 Å². The molecule has 0 heterocycles. The Labute approximate surface area is 219 Å². The van der Waals surface area contributed by atoms with E-state index in [9.17, 15) is 49.8 Å². The molecule has 0 amide bonds. The van der Waals surface area contributed by atoms with E-state index in [-0.39, 0.29) is 23.3 Å². The molecule has 0 saturated carbocycles. The Balaban J connectivity index is 0.000000703.